The maximum Gasteiger partial charge on any atom is 0.133 e. The van der Waals surface area contributed by atoms with Crippen LogP contribution in [0.4, 0.5) is 13.2 Å². The third-order valence-corrected chi connectivity index (χ3v) is 2.45. The fraction of sp³-hybridized carbons (Fsp3) is 0.167. The number of benzene rings is 1. The molecule has 0 aliphatic carbocycles. The second-order valence-electron chi connectivity index (χ2n) is 3.73. The summed E-state index contributed by atoms with van der Waals surface area (Å²) in [6.07, 6.45) is 3.11. The minimum atomic E-state index is -0.974. The van der Waals surface area contributed by atoms with Crippen molar-refractivity contribution in [1.29, 1.82) is 0 Å². The Morgan fingerprint density at radius 2 is 1.82 bits per heavy atom. The summed E-state index contributed by atoms with van der Waals surface area (Å²) in [5.74, 6) is -2.91. The summed E-state index contributed by atoms with van der Waals surface area (Å²) in [6.45, 7) is 0. The van der Waals surface area contributed by atoms with Crippen LogP contribution in [0, 0.1) is 17.5 Å². The largest absolute Gasteiger partial charge is 0.472 e. The van der Waals surface area contributed by atoms with Gasteiger partial charge in [0.05, 0.1) is 12.5 Å². The number of hydrogen-bond donors (Lipinski definition) is 1. The standard InChI is InChI=1S/C12H10F3NO/c13-8-4-9(14)12(10(15)5-8)11(16)3-7-1-2-17-6-7/h1-2,4-6,11H,3,16H2. The monoisotopic (exact) mass is 241 g/mol. The van der Waals surface area contributed by atoms with Gasteiger partial charge in [0, 0.05) is 23.7 Å². The van der Waals surface area contributed by atoms with Crippen molar-refractivity contribution in [2.24, 2.45) is 5.73 Å². The predicted molar refractivity (Wildman–Crippen MR) is 55.7 cm³/mol. The molecule has 0 aliphatic heterocycles. The minimum Gasteiger partial charge on any atom is -0.472 e. The van der Waals surface area contributed by atoms with Crippen LogP contribution in [0.25, 0.3) is 0 Å². The summed E-state index contributed by atoms with van der Waals surface area (Å²) in [5, 5.41) is 0. The maximum absolute atomic E-state index is 13.4. The van der Waals surface area contributed by atoms with Crippen LogP contribution < -0.4 is 5.73 Å². The van der Waals surface area contributed by atoms with Crippen molar-refractivity contribution in [3.63, 3.8) is 0 Å². The van der Waals surface area contributed by atoms with Gasteiger partial charge in [0.2, 0.25) is 0 Å². The van der Waals surface area contributed by atoms with Gasteiger partial charge in [-0.3, -0.25) is 0 Å². The SMILES string of the molecule is NC(Cc1ccoc1)c1c(F)cc(F)cc1F. The third-order valence-electron chi connectivity index (χ3n) is 2.45. The normalized spacial score (nSPS) is 12.7. The van der Waals surface area contributed by atoms with Gasteiger partial charge < -0.3 is 10.2 Å². The number of furan rings is 1. The highest BCUT2D eigenvalue weighted by molar-refractivity contribution is 5.25. The fourth-order valence-corrected chi connectivity index (χ4v) is 1.67. The molecule has 1 heterocycles. The molecule has 1 aromatic carbocycles. The summed E-state index contributed by atoms with van der Waals surface area (Å²) in [6, 6.07) is 2.01. The first-order valence-corrected chi connectivity index (χ1v) is 4.99. The predicted octanol–water partition coefficient (Wildman–Crippen LogP) is 2.94. The van der Waals surface area contributed by atoms with Crippen LogP contribution in [0.2, 0.25) is 0 Å². The molecule has 17 heavy (non-hydrogen) atoms. The second-order valence-corrected chi connectivity index (χ2v) is 3.73. The van der Waals surface area contributed by atoms with E-state index in [1.54, 1.807) is 6.07 Å². The van der Waals surface area contributed by atoms with Crippen LogP contribution in [0.3, 0.4) is 0 Å². The van der Waals surface area contributed by atoms with Crippen LogP contribution in [-0.4, -0.2) is 0 Å². The van der Waals surface area contributed by atoms with E-state index in [0.29, 0.717) is 12.1 Å². The van der Waals surface area contributed by atoms with E-state index in [1.807, 2.05) is 0 Å². The molecule has 1 atom stereocenters. The molecule has 0 spiro atoms. The van der Waals surface area contributed by atoms with E-state index in [9.17, 15) is 13.2 Å². The molecule has 5 heteroatoms. The van der Waals surface area contributed by atoms with Crippen molar-refractivity contribution < 1.29 is 17.6 Å². The lowest BCUT2D eigenvalue weighted by Gasteiger charge is -2.13. The Bertz CT molecular complexity index is 487. The van der Waals surface area contributed by atoms with Gasteiger partial charge in [-0.2, -0.15) is 0 Å². The molecular formula is C12H10F3NO. The van der Waals surface area contributed by atoms with E-state index in [0.717, 1.165) is 5.56 Å². The van der Waals surface area contributed by atoms with E-state index in [2.05, 4.69) is 0 Å². The van der Waals surface area contributed by atoms with Crippen molar-refractivity contribution in [2.75, 3.05) is 0 Å². The zero-order valence-corrected chi connectivity index (χ0v) is 8.79. The van der Waals surface area contributed by atoms with E-state index in [4.69, 9.17) is 10.2 Å². The van der Waals surface area contributed by atoms with Gasteiger partial charge >= 0.3 is 0 Å². The molecule has 0 saturated heterocycles. The molecule has 0 fully saturated rings. The quantitative estimate of drug-likeness (QED) is 0.897. The van der Waals surface area contributed by atoms with Crippen LogP contribution in [0.1, 0.15) is 17.2 Å². The van der Waals surface area contributed by atoms with E-state index >= 15 is 0 Å². The number of hydrogen-bond acceptors (Lipinski definition) is 2. The molecule has 0 amide bonds. The average molecular weight is 241 g/mol. The zero-order valence-electron chi connectivity index (χ0n) is 8.79. The Hall–Kier alpha value is -1.75. The Kier molecular flexibility index (Phi) is 3.19. The topological polar surface area (TPSA) is 39.2 Å². The molecule has 2 N–H and O–H groups in total. The lowest BCUT2D eigenvalue weighted by Crippen LogP contribution is -2.17. The molecular weight excluding hydrogens is 231 g/mol. The first-order valence-electron chi connectivity index (χ1n) is 4.99. The van der Waals surface area contributed by atoms with E-state index in [-0.39, 0.29) is 12.0 Å². The van der Waals surface area contributed by atoms with E-state index in [1.165, 1.54) is 12.5 Å². The molecule has 1 aromatic heterocycles. The van der Waals surface area contributed by atoms with Gasteiger partial charge in [-0.25, -0.2) is 13.2 Å². The summed E-state index contributed by atoms with van der Waals surface area (Å²) < 4.78 is 44.4. The summed E-state index contributed by atoms with van der Waals surface area (Å²) in [5.41, 5.74) is 6.10. The Morgan fingerprint density at radius 3 is 2.35 bits per heavy atom. The molecule has 2 rings (SSSR count). The first kappa shape index (κ1) is 11.7. The molecule has 0 radical (unpaired) electrons. The fourth-order valence-electron chi connectivity index (χ4n) is 1.67. The number of halogens is 3. The van der Waals surface area contributed by atoms with Crippen molar-refractivity contribution in [1.82, 2.24) is 0 Å². The summed E-state index contributed by atoms with van der Waals surface area (Å²) in [7, 11) is 0. The third kappa shape index (κ3) is 2.50. The van der Waals surface area contributed by atoms with Gasteiger partial charge in [-0.05, 0) is 18.1 Å². The molecule has 0 aliphatic rings. The summed E-state index contributed by atoms with van der Waals surface area (Å²) >= 11 is 0. The molecule has 2 aromatic rings. The lowest BCUT2D eigenvalue weighted by atomic mass is 10.0. The highest BCUT2D eigenvalue weighted by Crippen LogP contribution is 2.23. The van der Waals surface area contributed by atoms with Gasteiger partial charge in [0.1, 0.15) is 17.5 Å². The van der Waals surface area contributed by atoms with Crippen molar-refractivity contribution in [3.05, 3.63) is 59.3 Å². The first-order chi connectivity index (χ1) is 8.08. The van der Waals surface area contributed by atoms with Crippen molar-refractivity contribution in [3.8, 4) is 0 Å². The highest BCUT2D eigenvalue weighted by Gasteiger charge is 2.18. The van der Waals surface area contributed by atoms with Gasteiger partial charge in [-0.15, -0.1) is 0 Å². The van der Waals surface area contributed by atoms with Gasteiger partial charge in [-0.1, -0.05) is 0 Å². The van der Waals surface area contributed by atoms with Crippen molar-refractivity contribution in [2.45, 2.75) is 12.5 Å². The number of nitrogens with two attached hydrogens (primary N) is 1. The molecule has 0 bridgehead atoms. The van der Waals surface area contributed by atoms with Crippen LogP contribution >= 0.6 is 0 Å². The molecule has 90 valence electrons. The Balaban J connectivity index is 2.27. The van der Waals surface area contributed by atoms with Gasteiger partial charge in [0.15, 0.2) is 0 Å². The minimum absolute atomic E-state index is 0.218. The van der Waals surface area contributed by atoms with Crippen LogP contribution in [0.5, 0.6) is 0 Å². The number of rotatable bonds is 3. The Morgan fingerprint density at radius 1 is 1.18 bits per heavy atom. The smallest absolute Gasteiger partial charge is 0.133 e. The van der Waals surface area contributed by atoms with Crippen molar-refractivity contribution >= 4 is 0 Å². The van der Waals surface area contributed by atoms with E-state index < -0.39 is 23.5 Å². The highest BCUT2D eigenvalue weighted by atomic mass is 19.1. The lowest BCUT2D eigenvalue weighted by molar-refractivity contribution is 0.500. The molecule has 0 saturated carbocycles. The second kappa shape index (κ2) is 4.63. The molecule has 1 unspecified atom stereocenters. The molecule has 2 nitrogen and oxygen atoms in total. The average Bonchev–Trinajstić information content (AvgIpc) is 2.68. The van der Waals surface area contributed by atoms with Crippen LogP contribution in [-0.2, 0) is 6.42 Å². The zero-order chi connectivity index (χ0) is 12.4. The van der Waals surface area contributed by atoms with Crippen LogP contribution in [0.15, 0.2) is 35.1 Å². The summed E-state index contributed by atoms with van der Waals surface area (Å²) in [4.78, 5) is 0. The van der Waals surface area contributed by atoms with Gasteiger partial charge in [0.25, 0.3) is 0 Å². The maximum atomic E-state index is 13.4. The Labute approximate surface area is 95.8 Å².